The number of hydrogen-bond acceptors (Lipinski definition) is 6. The van der Waals surface area contributed by atoms with E-state index in [9.17, 15) is 4.79 Å². The van der Waals surface area contributed by atoms with Gasteiger partial charge in [0.2, 0.25) is 0 Å². The fraction of sp³-hybridized carbons (Fsp3) is 0.538. The van der Waals surface area contributed by atoms with E-state index < -0.39 is 0 Å². The van der Waals surface area contributed by atoms with Gasteiger partial charge in [-0.25, -0.2) is 9.78 Å². The van der Waals surface area contributed by atoms with E-state index in [2.05, 4.69) is 33.8 Å². The molecule has 0 amide bonds. The third kappa shape index (κ3) is 6.00. The molecule has 174 valence electrons. The highest BCUT2D eigenvalue weighted by Gasteiger charge is 2.31. The van der Waals surface area contributed by atoms with Crippen molar-refractivity contribution in [2.45, 2.75) is 72.8 Å². The van der Waals surface area contributed by atoms with Gasteiger partial charge in [-0.3, -0.25) is 4.90 Å². The van der Waals surface area contributed by atoms with E-state index in [1.165, 1.54) is 5.56 Å². The minimum Gasteiger partial charge on any atom is -0.491 e. The molecule has 0 aliphatic carbocycles. The number of aryl methyl sites for hydroxylation is 1. The second-order valence-corrected chi connectivity index (χ2v) is 9.04. The first-order valence-corrected chi connectivity index (χ1v) is 11.7. The number of rotatable bonds is 9. The molecule has 2 heterocycles. The molecule has 0 saturated carbocycles. The Morgan fingerprint density at radius 1 is 1.16 bits per heavy atom. The van der Waals surface area contributed by atoms with Crippen molar-refractivity contribution in [2.75, 3.05) is 24.5 Å². The van der Waals surface area contributed by atoms with Crippen molar-refractivity contribution in [3.8, 4) is 5.75 Å². The molecule has 3 rings (SSSR count). The molecule has 0 N–H and O–H groups in total. The predicted molar refractivity (Wildman–Crippen MR) is 128 cm³/mol. The second-order valence-electron chi connectivity index (χ2n) is 9.04. The first-order valence-electron chi connectivity index (χ1n) is 11.7. The highest BCUT2D eigenvalue weighted by molar-refractivity contribution is 5.96. The Balaban J connectivity index is 1.70. The first kappa shape index (κ1) is 24.1. The summed E-state index contributed by atoms with van der Waals surface area (Å²) in [6.45, 7) is 15.5. The fourth-order valence-electron chi connectivity index (χ4n) is 4.22. The van der Waals surface area contributed by atoms with E-state index in [1.54, 1.807) is 6.20 Å². The van der Waals surface area contributed by atoms with Gasteiger partial charge in [0.15, 0.2) is 0 Å². The maximum absolute atomic E-state index is 12.8. The molecular weight excluding hydrogens is 402 g/mol. The minimum atomic E-state index is -0.292. The summed E-state index contributed by atoms with van der Waals surface area (Å²) >= 11 is 0. The van der Waals surface area contributed by atoms with Crippen LogP contribution in [0.15, 0.2) is 36.5 Å². The average Bonchev–Trinajstić information content (AvgIpc) is 3.22. The molecule has 1 saturated heterocycles. The van der Waals surface area contributed by atoms with E-state index >= 15 is 0 Å². The number of likely N-dealkylation sites (N-methyl/N-ethyl adjacent to an activating group) is 1. The first-order chi connectivity index (χ1) is 15.3. The van der Waals surface area contributed by atoms with Crippen LogP contribution < -0.4 is 9.64 Å². The highest BCUT2D eigenvalue weighted by atomic mass is 16.5. The summed E-state index contributed by atoms with van der Waals surface area (Å²) in [6, 6.07) is 10.7. The van der Waals surface area contributed by atoms with Gasteiger partial charge in [-0.05, 0) is 76.9 Å². The molecule has 6 heteroatoms. The smallest absolute Gasteiger partial charge is 0.342 e. The van der Waals surface area contributed by atoms with Crippen molar-refractivity contribution >= 4 is 11.8 Å². The van der Waals surface area contributed by atoms with E-state index in [4.69, 9.17) is 9.47 Å². The Hall–Kier alpha value is -2.60. The highest BCUT2D eigenvalue weighted by Crippen LogP contribution is 2.28. The Labute approximate surface area is 192 Å². The summed E-state index contributed by atoms with van der Waals surface area (Å²) in [7, 11) is 0. The number of esters is 1. The number of carbonyl (C=O) groups is 1. The van der Waals surface area contributed by atoms with Crippen LogP contribution in [0.2, 0.25) is 0 Å². The van der Waals surface area contributed by atoms with Gasteiger partial charge in [0.05, 0.1) is 12.2 Å². The molecule has 1 aliphatic heterocycles. The van der Waals surface area contributed by atoms with Gasteiger partial charge in [-0.1, -0.05) is 19.1 Å². The summed E-state index contributed by atoms with van der Waals surface area (Å²) in [5.41, 5.74) is 2.77. The number of anilines is 1. The Morgan fingerprint density at radius 3 is 2.50 bits per heavy atom. The topological polar surface area (TPSA) is 54.9 Å². The van der Waals surface area contributed by atoms with Crippen LogP contribution in [0.5, 0.6) is 5.75 Å². The maximum atomic E-state index is 12.8. The van der Waals surface area contributed by atoms with Gasteiger partial charge in [0, 0.05) is 31.9 Å². The average molecular weight is 440 g/mol. The molecule has 0 bridgehead atoms. The number of ether oxygens (including phenoxy) is 2. The van der Waals surface area contributed by atoms with Gasteiger partial charge in [0.25, 0.3) is 0 Å². The number of nitrogens with zero attached hydrogens (tertiary/aromatic N) is 3. The molecule has 2 aromatic rings. The van der Waals surface area contributed by atoms with Crippen LogP contribution in [0.1, 0.15) is 62.5 Å². The van der Waals surface area contributed by atoms with E-state index in [1.807, 2.05) is 52.8 Å². The molecule has 1 atom stereocenters. The van der Waals surface area contributed by atoms with Crippen LogP contribution in [-0.2, 0) is 11.3 Å². The van der Waals surface area contributed by atoms with E-state index in [0.29, 0.717) is 11.6 Å². The van der Waals surface area contributed by atoms with Gasteiger partial charge in [-0.2, -0.15) is 0 Å². The number of aromatic nitrogens is 1. The standard InChI is InChI=1S/C26H37N3O3/c1-7-28(16-21-8-10-23(11-9-21)31-18(2)3)22-13-15-29(17-22)25-24(20(6)12-14-27-25)26(30)32-19(4)5/h8-12,14,18-19,22H,7,13,15-17H2,1-6H3. The zero-order chi connectivity index (χ0) is 23.3. The zero-order valence-corrected chi connectivity index (χ0v) is 20.3. The normalized spacial score (nSPS) is 16.3. The Kier molecular flexibility index (Phi) is 8.13. The van der Waals surface area contributed by atoms with Crippen LogP contribution in [0, 0.1) is 6.92 Å². The van der Waals surface area contributed by atoms with E-state index in [-0.39, 0.29) is 18.2 Å². The van der Waals surface area contributed by atoms with Gasteiger partial charge in [0.1, 0.15) is 17.1 Å². The number of carbonyl (C=O) groups excluding carboxylic acids is 1. The van der Waals surface area contributed by atoms with E-state index in [0.717, 1.165) is 49.7 Å². The monoisotopic (exact) mass is 439 g/mol. The lowest BCUT2D eigenvalue weighted by atomic mass is 10.1. The summed E-state index contributed by atoms with van der Waals surface area (Å²) in [6.07, 6.45) is 2.84. The summed E-state index contributed by atoms with van der Waals surface area (Å²) in [5.74, 6) is 1.36. The van der Waals surface area contributed by atoms with Gasteiger partial charge in [-0.15, -0.1) is 0 Å². The predicted octanol–water partition coefficient (Wildman–Crippen LogP) is 4.84. The molecule has 32 heavy (non-hydrogen) atoms. The maximum Gasteiger partial charge on any atom is 0.342 e. The quantitative estimate of drug-likeness (QED) is 0.521. The third-order valence-electron chi connectivity index (χ3n) is 5.75. The lowest BCUT2D eigenvalue weighted by Crippen LogP contribution is -2.37. The number of benzene rings is 1. The minimum absolute atomic E-state index is 0.158. The van der Waals surface area contributed by atoms with Crippen molar-refractivity contribution in [3.63, 3.8) is 0 Å². The van der Waals surface area contributed by atoms with Crippen LogP contribution in [0.25, 0.3) is 0 Å². The van der Waals surface area contributed by atoms with Crippen LogP contribution >= 0.6 is 0 Å². The molecule has 1 aromatic heterocycles. The summed E-state index contributed by atoms with van der Waals surface area (Å²) in [5, 5.41) is 0. The molecule has 0 radical (unpaired) electrons. The largest absolute Gasteiger partial charge is 0.491 e. The number of hydrogen-bond donors (Lipinski definition) is 0. The molecule has 6 nitrogen and oxygen atoms in total. The van der Waals surface area contributed by atoms with Gasteiger partial charge < -0.3 is 14.4 Å². The molecule has 0 spiro atoms. The van der Waals surface area contributed by atoms with Crippen molar-refractivity contribution in [2.24, 2.45) is 0 Å². The number of pyridine rings is 1. The van der Waals surface area contributed by atoms with Crippen LogP contribution in [0.3, 0.4) is 0 Å². The summed E-state index contributed by atoms with van der Waals surface area (Å²) < 4.78 is 11.3. The van der Waals surface area contributed by atoms with Crippen molar-refractivity contribution in [1.29, 1.82) is 0 Å². The van der Waals surface area contributed by atoms with Crippen LogP contribution in [-0.4, -0.2) is 53.7 Å². The molecule has 1 aromatic carbocycles. The van der Waals surface area contributed by atoms with Crippen molar-refractivity contribution in [3.05, 3.63) is 53.2 Å². The lowest BCUT2D eigenvalue weighted by Gasteiger charge is -2.28. The summed E-state index contributed by atoms with van der Waals surface area (Å²) in [4.78, 5) is 22.1. The molecule has 1 aliphatic rings. The Bertz CT molecular complexity index is 896. The molecule has 1 unspecified atom stereocenters. The van der Waals surface area contributed by atoms with Crippen molar-refractivity contribution in [1.82, 2.24) is 9.88 Å². The van der Waals surface area contributed by atoms with Crippen molar-refractivity contribution < 1.29 is 14.3 Å². The second kappa shape index (κ2) is 10.8. The molecule has 1 fully saturated rings. The Morgan fingerprint density at radius 2 is 1.88 bits per heavy atom. The van der Waals surface area contributed by atoms with Crippen LogP contribution in [0.4, 0.5) is 5.82 Å². The third-order valence-corrected chi connectivity index (χ3v) is 5.75. The van der Waals surface area contributed by atoms with Gasteiger partial charge >= 0.3 is 5.97 Å². The zero-order valence-electron chi connectivity index (χ0n) is 20.3. The lowest BCUT2D eigenvalue weighted by molar-refractivity contribution is 0.0377. The fourth-order valence-corrected chi connectivity index (χ4v) is 4.22. The SMILES string of the molecule is CCN(Cc1ccc(OC(C)C)cc1)C1CCN(c2nccc(C)c2C(=O)OC(C)C)C1. The molecular formula is C26H37N3O3.